The number of aromatic nitrogens is 3. The number of carbonyl (C=O) groups excluding carboxylic acids is 2. The predicted octanol–water partition coefficient (Wildman–Crippen LogP) is 2.99. The van der Waals surface area contributed by atoms with E-state index in [-0.39, 0.29) is 29.5 Å². The lowest BCUT2D eigenvalue weighted by atomic mass is 9.54. The van der Waals surface area contributed by atoms with Gasteiger partial charge in [-0.1, -0.05) is 5.21 Å². The summed E-state index contributed by atoms with van der Waals surface area (Å²) in [6.07, 6.45) is 8.93. The number of hydrogen-bond acceptors (Lipinski definition) is 7. The van der Waals surface area contributed by atoms with Crippen molar-refractivity contribution in [1.29, 1.82) is 0 Å². The third-order valence-corrected chi connectivity index (χ3v) is 10.2. The zero-order chi connectivity index (χ0) is 26.7. The van der Waals surface area contributed by atoms with Crippen molar-refractivity contribution in [2.24, 2.45) is 23.7 Å². The van der Waals surface area contributed by atoms with Crippen LogP contribution in [0.5, 0.6) is 0 Å². The molecule has 0 radical (unpaired) electrons. The Bertz CT molecular complexity index is 1200. The second-order valence-electron chi connectivity index (χ2n) is 12.4. The summed E-state index contributed by atoms with van der Waals surface area (Å²) in [6.45, 7) is 3.53. The molecule has 0 spiro atoms. The van der Waals surface area contributed by atoms with E-state index in [1.807, 2.05) is 17.0 Å². The molecular weight excluding hydrogens is 499 g/mol. The smallest absolute Gasteiger partial charge is 0.360 e. The Balaban J connectivity index is 1.10. The number of rotatable bonds is 5. The van der Waals surface area contributed by atoms with Gasteiger partial charge in [0.15, 0.2) is 5.69 Å². The maximum absolute atomic E-state index is 14.2. The van der Waals surface area contributed by atoms with Crippen LogP contribution in [0, 0.1) is 29.5 Å². The van der Waals surface area contributed by atoms with Gasteiger partial charge >= 0.3 is 5.97 Å². The third-order valence-electron chi connectivity index (χ3n) is 10.2. The maximum atomic E-state index is 14.2. The van der Waals surface area contributed by atoms with E-state index in [9.17, 15) is 14.0 Å². The number of nitrogens with zero attached hydrogens (tertiary/aromatic N) is 6. The number of carbonyl (C=O) groups is 2. The molecule has 2 aliphatic heterocycles. The van der Waals surface area contributed by atoms with E-state index < -0.39 is 5.97 Å². The molecule has 10 heteroatoms. The molecule has 0 N–H and O–H groups in total. The average molecular weight is 537 g/mol. The normalized spacial score (nSPS) is 34.1. The van der Waals surface area contributed by atoms with Crippen LogP contribution < -0.4 is 4.90 Å². The van der Waals surface area contributed by atoms with Crippen molar-refractivity contribution >= 4 is 17.6 Å². The standard InChI is InChI=1S/C29H37FN6O3/c1-39-29(38)25-17-36(32-31-25)24-15-26(35(16-24)27-20-11-18-10-19(13-20)14-21(27)12-18)28(37)34-8-6-33(7-9-34)23-4-2-22(30)3-5-23/h2-5,17-21,24,26-27H,6-16H2,1H3/t18?,19?,20?,21?,24-,26+,27?/m1/s1. The number of methoxy groups -OCH3 is 1. The van der Waals surface area contributed by atoms with Crippen molar-refractivity contribution in [2.45, 2.75) is 56.7 Å². The maximum Gasteiger partial charge on any atom is 0.360 e. The lowest BCUT2D eigenvalue weighted by Crippen LogP contribution is -2.60. The minimum Gasteiger partial charge on any atom is -0.464 e. The van der Waals surface area contributed by atoms with Gasteiger partial charge in [0, 0.05) is 44.5 Å². The topological polar surface area (TPSA) is 83.8 Å². The lowest BCUT2D eigenvalue weighted by molar-refractivity contribution is -0.141. The van der Waals surface area contributed by atoms with Crippen molar-refractivity contribution in [1.82, 2.24) is 24.8 Å². The van der Waals surface area contributed by atoms with Crippen LogP contribution in [-0.2, 0) is 9.53 Å². The number of ether oxygens (including phenoxy) is 1. The van der Waals surface area contributed by atoms with Crippen molar-refractivity contribution in [2.75, 3.05) is 44.7 Å². The fourth-order valence-electron chi connectivity index (χ4n) is 8.74. The van der Waals surface area contributed by atoms with E-state index in [0.29, 0.717) is 37.4 Å². The molecule has 8 rings (SSSR count). The number of hydrogen-bond donors (Lipinski definition) is 0. The Kier molecular flexibility index (Phi) is 6.33. The highest BCUT2D eigenvalue weighted by Gasteiger charge is 2.54. The molecule has 4 aliphatic carbocycles. The SMILES string of the molecule is COC(=O)c1cn([C@@H]2C[C@@H](C(=O)N3CCN(c4ccc(F)cc4)CC3)N(C3C4CC5CC(C4)CC3C5)C2)nn1. The quantitative estimate of drug-likeness (QED) is 0.544. The molecule has 6 aliphatic rings. The minimum atomic E-state index is -0.496. The Hall–Kier alpha value is -3.01. The molecule has 39 heavy (non-hydrogen) atoms. The summed E-state index contributed by atoms with van der Waals surface area (Å²) >= 11 is 0. The van der Waals surface area contributed by atoms with Gasteiger partial charge in [0.25, 0.3) is 0 Å². The van der Waals surface area contributed by atoms with E-state index in [1.165, 1.54) is 51.3 Å². The summed E-state index contributed by atoms with van der Waals surface area (Å²) in [7, 11) is 1.34. The first-order valence-electron chi connectivity index (χ1n) is 14.5. The first-order chi connectivity index (χ1) is 19.0. The monoisotopic (exact) mass is 536 g/mol. The number of halogens is 1. The number of anilines is 1. The molecule has 4 bridgehead atoms. The van der Waals surface area contributed by atoms with Gasteiger partial charge in [-0.2, -0.15) is 0 Å². The van der Waals surface area contributed by atoms with E-state index in [4.69, 9.17) is 4.74 Å². The fraction of sp³-hybridized carbons (Fsp3) is 0.655. The molecule has 6 fully saturated rings. The number of esters is 1. The van der Waals surface area contributed by atoms with E-state index in [1.54, 1.807) is 10.9 Å². The largest absolute Gasteiger partial charge is 0.464 e. The van der Waals surface area contributed by atoms with Gasteiger partial charge < -0.3 is 14.5 Å². The van der Waals surface area contributed by atoms with Crippen LogP contribution in [0.1, 0.15) is 55.1 Å². The first-order valence-corrected chi connectivity index (χ1v) is 14.5. The molecule has 4 saturated carbocycles. The summed E-state index contributed by atoms with van der Waals surface area (Å²) in [5, 5.41) is 8.31. The van der Waals surface area contributed by atoms with E-state index >= 15 is 0 Å². The molecule has 3 heterocycles. The second kappa shape index (κ2) is 9.87. The van der Waals surface area contributed by atoms with Gasteiger partial charge in [-0.25, -0.2) is 13.9 Å². The number of likely N-dealkylation sites (tertiary alicyclic amines) is 1. The summed E-state index contributed by atoms with van der Waals surface area (Å²) in [6, 6.07) is 6.84. The zero-order valence-electron chi connectivity index (χ0n) is 22.5. The summed E-state index contributed by atoms with van der Waals surface area (Å²) in [5.74, 6) is 2.56. The Morgan fingerprint density at radius 2 is 1.59 bits per heavy atom. The third kappa shape index (κ3) is 4.50. The zero-order valence-corrected chi connectivity index (χ0v) is 22.5. The molecule has 0 unspecified atom stereocenters. The van der Waals surface area contributed by atoms with Gasteiger partial charge in [-0.15, -0.1) is 5.10 Å². The fourth-order valence-corrected chi connectivity index (χ4v) is 8.74. The summed E-state index contributed by atoms with van der Waals surface area (Å²) < 4.78 is 20.0. The molecule has 2 aromatic rings. The highest BCUT2D eigenvalue weighted by atomic mass is 19.1. The van der Waals surface area contributed by atoms with Crippen LogP contribution >= 0.6 is 0 Å². The van der Waals surface area contributed by atoms with Crippen LogP contribution in [0.4, 0.5) is 10.1 Å². The molecule has 2 saturated heterocycles. The number of piperazine rings is 1. The van der Waals surface area contributed by atoms with E-state index in [2.05, 4.69) is 20.1 Å². The highest BCUT2D eigenvalue weighted by molar-refractivity contribution is 5.86. The van der Waals surface area contributed by atoms with Crippen molar-refractivity contribution in [3.63, 3.8) is 0 Å². The van der Waals surface area contributed by atoms with Crippen molar-refractivity contribution in [3.05, 3.63) is 42.0 Å². The first kappa shape index (κ1) is 25.0. The molecule has 1 aromatic carbocycles. The average Bonchev–Trinajstić information content (AvgIpc) is 3.61. The van der Waals surface area contributed by atoms with Gasteiger partial charge in [0.1, 0.15) is 5.82 Å². The van der Waals surface area contributed by atoms with Gasteiger partial charge in [0.2, 0.25) is 5.91 Å². The summed E-state index contributed by atoms with van der Waals surface area (Å²) in [5.41, 5.74) is 1.19. The lowest BCUT2D eigenvalue weighted by Gasteiger charge is -2.57. The minimum absolute atomic E-state index is 0.0115. The predicted molar refractivity (Wildman–Crippen MR) is 142 cm³/mol. The Labute approximate surface area is 228 Å². The van der Waals surface area contributed by atoms with Crippen LogP contribution in [0.25, 0.3) is 0 Å². The Morgan fingerprint density at radius 3 is 2.23 bits per heavy atom. The Morgan fingerprint density at radius 1 is 0.923 bits per heavy atom. The molecular formula is C29H37FN6O3. The highest BCUT2D eigenvalue weighted by Crippen LogP contribution is 2.56. The van der Waals surface area contributed by atoms with Crippen LogP contribution in [0.15, 0.2) is 30.5 Å². The number of benzene rings is 1. The molecule has 2 atom stereocenters. The van der Waals surface area contributed by atoms with Gasteiger partial charge in [0.05, 0.1) is 25.4 Å². The van der Waals surface area contributed by atoms with Crippen LogP contribution in [0.3, 0.4) is 0 Å². The summed E-state index contributed by atoms with van der Waals surface area (Å²) in [4.78, 5) is 33.0. The molecule has 1 aromatic heterocycles. The van der Waals surface area contributed by atoms with Gasteiger partial charge in [-0.05, 0) is 86.5 Å². The number of amides is 1. The van der Waals surface area contributed by atoms with E-state index in [0.717, 1.165) is 37.2 Å². The van der Waals surface area contributed by atoms with Gasteiger partial charge in [-0.3, -0.25) is 9.69 Å². The second-order valence-corrected chi connectivity index (χ2v) is 12.4. The molecule has 208 valence electrons. The molecule has 9 nitrogen and oxygen atoms in total. The van der Waals surface area contributed by atoms with Crippen LogP contribution in [-0.4, -0.2) is 88.6 Å². The van der Waals surface area contributed by atoms with Crippen molar-refractivity contribution in [3.8, 4) is 0 Å². The molecule has 1 amide bonds. The van der Waals surface area contributed by atoms with Crippen molar-refractivity contribution < 1.29 is 18.7 Å². The van der Waals surface area contributed by atoms with Crippen LogP contribution in [0.2, 0.25) is 0 Å².